The summed E-state index contributed by atoms with van der Waals surface area (Å²) >= 11 is 1.27. The van der Waals surface area contributed by atoms with E-state index in [1.54, 1.807) is 41.9 Å². The van der Waals surface area contributed by atoms with Gasteiger partial charge in [0.15, 0.2) is 16.5 Å². The third kappa shape index (κ3) is 5.26. The molecule has 0 radical (unpaired) electrons. The van der Waals surface area contributed by atoms with E-state index in [-0.39, 0.29) is 11.1 Å². The van der Waals surface area contributed by atoms with Crippen molar-refractivity contribution in [3.8, 4) is 28.7 Å². The van der Waals surface area contributed by atoms with Gasteiger partial charge in [-0.25, -0.2) is 4.98 Å². The fourth-order valence-corrected chi connectivity index (χ4v) is 4.30. The van der Waals surface area contributed by atoms with Crippen LogP contribution in [0.15, 0.2) is 58.8 Å². The van der Waals surface area contributed by atoms with E-state index in [4.69, 9.17) is 14.7 Å². The van der Waals surface area contributed by atoms with Gasteiger partial charge in [0.1, 0.15) is 0 Å². The Morgan fingerprint density at radius 3 is 2.64 bits per heavy atom. The molecule has 0 saturated carbocycles. The Balaban J connectivity index is 1.79. The van der Waals surface area contributed by atoms with E-state index in [1.165, 1.54) is 35.0 Å². The summed E-state index contributed by atoms with van der Waals surface area (Å²) < 4.78 is 51.8. The van der Waals surface area contributed by atoms with E-state index in [0.717, 1.165) is 12.1 Å². The lowest BCUT2D eigenvalue weighted by Gasteiger charge is -2.13. The normalized spacial score (nSPS) is 11.6. The number of methoxy groups -OCH3 is 1. The molecule has 10 heteroatoms. The lowest BCUT2D eigenvalue weighted by atomic mass is 10.0. The zero-order valence-corrected chi connectivity index (χ0v) is 19.9. The van der Waals surface area contributed by atoms with Crippen LogP contribution in [0.25, 0.3) is 28.2 Å². The SMILES string of the molecule is COc1cccc(/C=C/c2nc3sccn3c(=O)c2-c2ccc(C(F)(F)F)cc2)c1OCCCC#N. The molecular weight excluding hydrogens is 491 g/mol. The van der Waals surface area contributed by atoms with Gasteiger partial charge in [-0.15, -0.1) is 11.3 Å². The van der Waals surface area contributed by atoms with Crippen LogP contribution in [0.2, 0.25) is 0 Å². The van der Waals surface area contributed by atoms with Crippen molar-refractivity contribution >= 4 is 28.4 Å². The number of hydrogen-bond donors (Lipinski definition) is 0. The van der Waals surface area contributed by atoms with Crippen LogP contribution in [-0.4, -0.2) is 23.1 Å². The molecule has 4 rings (SSSR count). The van der Waals surface area contributed by atoms with Crippen LogP contribution in [0.4, 0.5) is 13.2 Å². The highest BCUT2D eigenvalue weighted by Crippen LogP contribution is 2.34. The molecule has 2 heterocycles. The van der Waals surface area contributed by atoms with Gasteiger partial charge in [0.05, 0.1) is 36.6 Å². The van der Waals surface area contributed by atoms with E-state index in [9.17, 15) is 18.0 Å². The Bertz CT molecular complexity index is 1500. The second kappa shape index (κ2) is 10.7. The number of nitrogens with zero attached hydrogens (tertiary/aromatic N) is 3. The number of alkyl halides is 3. The first-order valence-corrected chi connectivity index (χ1v) is 11.7. The van der Waals surface area contributed by atoms with Crippen LogP contribution < -0.4 is 15.0 Å². The Morgan fingerprint density at radius 1 is 1.17 bits per heavy atom. The summed E-state index contributed by atoms with van der Waals surface area (Å²) in [5.41, 5.74) is 0.259. The maximum atomic E-state index is 13.3. The minimum absolute atomic E-state index is 0.176. The maximum Gasteiger partial charge on any atom is 0.416 e. The number of aromatic nitrogens is 2. The molecule has 0 unspecified atom stereocenters. The fourth-order valence-electron chi connectivity index (χ4n) is 3.59. The van der Waals surface area contributed by atoms with Gasteiger partial charge in [-0.2, -0.15) is 18.4 Å². The Hall–Kier alpha value is -4.10. The minimum atomic E-state index is -4.48. The zero-order valence-electron chi connectivity index (χ0n) is 19.1. The number of hydrogen-bond acceptors (Lipinski definition) is 6. The average molecular weight is 512 g/mol. The van der Waals surface area contributed by atoms with E-state index in [1.807, 2.05) is 0 Å². The summed E-state index contributed by atoms with van der Waals surface area (Å²) in [6.45, 7) is 0.312. The summed E-state index contributed by atoms with van der Waals surface area (Å²) in [6.07, 6.45) is 1.33. The summed E-state index contributed by atoms with van der Waals surface area (Å²) in [4.78, 5) is 18.3. The molecule has 0 saturated heterocycles. The number of para-hydroxylation sites is 1. The molecule has 2 aromatic heterocycles. The first-order chi connectivity index (χ1) is 17.3. The third-order valence-electron chi connectivity index (χ3n) is 5.32. The second-order valence-corrected chi connectivity index (χ2v) is 8.50. The largest absolute Gasteiger partial charge is 0.493 e. The molecule has 0 fully saturated rings. The van der Waals surface area contributed by atoms with Crippen molar-refractivity contribution in [3.05, 3.63) is 81.2 Å². The van der Waals surface area contributed by atoms with Gasteiger partial charge in [0, 0.05) is 23.6 Å². The van der Waals surface area contributed by atoms with Crippen LogP contribution in [-0.2, 0) is 6.18 Å². The smallest absolute Gasteiger partial charge is 0.416 e. The van der Waals surface area contributed by atoms with E-state index >= 15 is 0 Å². The van der Waals surface area contributed by atoms with Gasteiger partial charge >= 0.3 is 6.18 Å². The maximum absolute atomic E-state index is 13.3. The first-order valence-electron chi connectivity index (χ1n) is 10.9. The molecule has 4 aromatic rings. The van der Waals surface area contributed by atoms with Gasteiger partial charge in [0.25, 0.3) is 5.56 Å². The number of ether oxygens (including phenoxy) is 2. The minimum Gasteiger partial charge on any atom is -0.493 e. The van der Waals surface area contributed by atoms with Crippen molar-refractivity contribution in [2.45, 2.75) is 19.0 Å². The highest BCUT2D eigenvalue weighted by Gasteiger charge is 2.30. The van der Waals surface area contributed by atoms with Crippen LogP contribution in [0.3, 0.4) is 0 Å². The summed E-state index contributed by atoms with van der Waals surface area (Å²) in [7, 11) is 1.51. The van der Waals surface area contributed by atoms with Crippen molar-refractivity contribution in [1.82, 2.24) is 9.38 Å². The lowest BCUT2D eigenvalue weighted by molar-refractivity contribution is -0.137. The first kappa shape index (κ1) is 25.0. The molecule has 0 aliphatic carbocycles. The summed E-state index contributed by atoms with van der Waals surface area (Å²) in [5, 5.41) is 10.5. The van der Waals surface area contributed by atoms with Gasteiger partial charge in [-0.3, -0.25) is 9.20 Å². The topological polar surface area (TPSA) is 76.6 Å². The van der Waals surface area contributed by atoms with Crippen LogP contribution >= 0.6 is 11.3 Å². The average Bonchev–Trinajstić information content (AvgIpc) is 3.34. The number of nitriles is 1. The highest BCUT2D eigenvalue weighted by atomic mass is 32.1. The number of halogens is 3. The summed E-state index contributed by atoms with van der Waals surface area (Å²) in [6, 6.07) is 11.8. The summed E-state index contributed by atoms with van der Waals surface area (Å²) in [5.74, 6) is 0.970. The second-order valence-electron chi connectivity index (χ2n) is 7.63. The Labute approximate surface area is 208 Å². The zero-order chi connectivity index (χ0) is 25.7. The monoisotopic (exact) mass is 511 g/mol. The molecule has 0 aliphatic heterocycles. The molecule has 0 spiro atoms. The Morgan fingerprint density at radius 2 is 1.94 bits per heavy atom. The molecule has 2 aromatic carbocycles. The number of thiazole rings is 1. The molecule has 0 N–H and O–H groups in total. The van der Waals surface area contributed by atoms with Gasteiger partial charge < -0.3 is 9.47 Å². The number of benzene rings is 2. The van der Waals surface area contributed by atoms with Gasteiger partial charge in [-0.1, -0.05) is 24.3 Å². The lowest BCUT2D eigenvalue weighted by Crippen LogP contribution is -2.17. The standard InChI is InChI=1S/C26H20F3N3O3S/c1-34-21-6-4-5-18(23(21)35-15-3-2-13-30)9-12-20-22(24(33)32-14-16-36-25(32)31-20)17-7-10-19(11-8-17)26(27,28)29/h4-12,14,16H,2-3,15H2,1H3/b12-9+. The Kier molecular flexibility index (Phi) is 7.41. The van der Waals surface area contributed by atoms with Crippen LogP contribution in [0.1, 0.15) is 29.7 Å². The van der Waals surface area contributed by atoms with Crippen molar-refractivity contribution in [3.63, 3.8) is 0 Å². The molecule has 0 aliphatic rings. The molecule has 6 nitrogen and oxygen atoms in total. The van der Waals surface area contributed by atoms with Crippen molar-refractivity contribution in [2.24, 2.45) is 0 Å². The molecular formula is C26H20F3N3O3S. The van der Waals surface area contributed by atoms with Gasteiger partial charge in [-0.05, 0) is 42.3 Å². The number of unbranched alkanes of at least 4 members (excludes halogenated alkanes) is 1. The van der Waals surface area contributed by atoms with Crippen molar-refractivity contribution < 1.29 is 22.6 Å². The predicted molar refractivity (Wildman–Crippen MR) is 132 cm³/mol. The number of fused-ring (bicyclic) bond motifs is 1. The van der Waals surface area contributed by atoms with Crippen molar-refractivity contribution in [1.29, 1.82) is 5.26 Å². The van der Waals surface area contributed by atoms with Crippen molar-refractivity contribution in [2.75, 3.05) is 13.7 Å². The van der Waals surface area contributed by atoms with E-state index in [2.05, 4.69) is 11.1 Å². The van der Waals surface area contributed by atoms with Gasteiger partial charge in [0.2, 0.25) is 0 Å². The fraction of sp³-hybridized carbons (Fsp3) is 0.192. The van der Waals surface area contributed by atoms with Crippen LogP contribution in [0.5, 0.6) is 11.5 Å². The van der Waals surface area contributed by atoms with E-state index < -0.39 is 11.7 Å². The third-order valence-corrected chi connectivity index (χ3v) is 6.08. The molecule has 184 valence electrons. The quantitative estimate of drug-likeness (QED) is 0.259. The molecule has 0 atom stereocenters. The van der Waals surface area contributed by atoms with E-state index in [0.29, 0.717) is 52.7 Å². The molecule has 0 bridgehead atoms. The molecule has 36 heavy (non-hydrogen) atoms. The predicted octanol–water partition coefficient (Wildman–Crippen LogP) is 6.30. The van der Waals surface area contributed by atoms with Crippen LogP contribution in [0, 0.1) is 11.3 Å². The molecule has 0 amide bonds. The highest BCUT2D eigenvalue weighted by molar-refractivity contribution is 7.15. The number of rotatable bonds is 8.